The van der Waals surface area contributed by atoms with Gasteiger partial charge in [-0.3, -0.25) is 19.0 Å². The molecule has 3 heterocycles. The summed E-state index contributed by atoms with van der Waals surface area (Å²) in [6.07, 6.45) is 0.343. The Morgan fingerprint density at radius 2 is 1.61 bits per heavy atom. The standard InChI is InChI=1S/C29H46IN5O10Si/c1-17(2)26(38)34-24-21-25(32-15-31-24)35(16-33-21)27-23(22(20(14-30)43-27)45-46(8,9)29(5,6)7)44-28(41-12-10-39-18(3)36)42-13-11-40-19(4)37/h15-17,20,22-23,27-28H,10-14H2,1-9H3,(H,31,32,34,38)/t20-,22+,23?,27-/m1/s1. The summed E-state index contributed by atoms with van der Waals surface area (Å²) in [5, 5.41) is 2.69. The Hall–Kier alpha value is -2.29. The van der Waals surface area contributed by atoms with Crippen molar-refractivity contribution in [2.24, 2.45) is 5.92 Å². The van der Waals surface area contributed by atoms with Crippen molar-refractivity contribution in [3.63, 3.8) is 0 Å². The molecule has 1 N–H and O–H groups in total. The molecule has 0 bridgehead atoms. The molecular formula is C29H46IN5O10Si. The van der Waals surface area contributed by atoms with Crippen LogP contribution in [-0.4, -0.2) is 101 Å². The van der Waals surface area contributed by atoms with Gasteiger partial charge in [-0.2, -0.15) is 0 Å². The lowest BCUT2D eigenvalue weighted by molar-refractivity contribution is -0.320. The van der Waals surface area contributed by atoms with Crippen LogP contribution in [0.4, 0.5) is 5.82 Å². The summed E-state index contributed by atoms with van der Waals surface area (Å²) in [6.45, 7) is 15.5. The molecule has 1 amide bonds. The zero-order chi connectivity index (χ0) is 34.2. The quantitative estimate of drug-likeness (QED) is 0.0649. The van der Waals surface area contributed by atoms with Gasteiger partial charge >= 0.3 is 11.9 Å². The van der Waals surface area contributed by atoms with E-state index in [0.717, 1.165) is 0 Å². The summed E-state index contributed by atoms with van der Waals surface area (Å²) in [4.78, 5) is 48.3. The molecule has 2 aromatic heterocycles. The van der Waals surface area contributed by atoms with Gasteiger partial charge in [0.05, 0.1) is 25.6 Å². The Morgan fingerprint density at radius 3 is 2.13 bits per heavy atom. The van der Waals surface area contributed by atoms with E-state index in [1.165, 1.54) is 20.2 Å². The van der Waals surface area contributed by atoms with Gasteiger partial charge in [-0.1, -0.05) is 57.2 Å². The molecule has 17 heteroatoms. The van der Waals surface area contributed by atoms with E-state index in [1.807, 2.05) is 0 Å². The van der Waals surface area contributed by atoms with Gasteiger partial charge in [0, 0.05) is 24.2 Å². The molecule has 1 fully saturated rings. The number of esters is 2. The van der Waals surface area contributed by atoms with Gasteiger partial charge in [0.2, 0.25) is 5.91 Å². The molecule has 3 rings (SSSR count). The number of ether oxygens (including phenoxy) is 6. The molecule has 0 aromatic carbocycles. The van der Waals surface area contributed by atoms with Crippen molar-refractivity contribution in [3.8, 4) is 0 Å². The van der Waals surface area contributed by atoms with E-state index in [1.54, 1.807) is 24.7 Å². The van der Waals surface area contributed by atoms with E-state index in [4.69, 9.17) is 32.8 Å². The highest BCUT2D eigenvalue weighted by Gasteiger charge is 2.52. The van der Waals surface area contributed by atoms with Crippen molar-refractivity contribution in [3.05, 3.63) is 12.7 Å². The van der Waals surface area contributed by atoms with Crippen LogP contribution < -0.4 is 5.32 Å². The first-order valence-electron chi connectivity index (χ1n) is 15.1. The molecule has 46 heavy (non-hydrogen) atoms. The molecule has 1 saturated heterocycles. The number of anilines is 1. The molecule has 2 aromatic rings. The van der Waals surface area contributed by atoms with E-state index >= 15 is 0 Å². The average molecular weight is 780 g/mol. The van der Waals surface area contributed by atoms with E-state index in [0.29, 0.717) is 15.6 Å². The van der Waals surface area contributed by atoms with Crippen LogP contribution in [0.5, 0.6) is 0 Å². The van der Waals surface area contributed by atoms with Crippen LogP contribution in [-0.2, 0) is 47.2 Å². The number of hydrogen-bond donors (Lipinski definition) is 1. The Kier molecular flexibility index (Phi) is 13.8. The smallest absolute Gasteiger partial charge is 0.302 e. The lowest BCUT2D eigenvalue weighted by Gasteiger charge is -2.40. The molecule has 0 aliphatic carbocycles. The van der Waals surface area contributed by atoms with Crippen LogP contribution in [0, 0.1) is 5.92 Å². The van der Waals surface area contributed by atoms with Crippen molar-refractivity contribution >= 4 is 65.7 Å². The third-order valence-electron chi connectivity index (χ3n) is 7.63. The van der Waals surface area contributed by atoms with Crippen molar-refractivity contribution < 1.29 is 47.2 Å². The van der Waals surface area contributed by atoms with Crippen molar-refractivity contribution in [2.75, 3.05) is 36.2 Å². The van der Waals surface area contributed by atoms with E-state index < -0.39 is 51.3 Å². The van der Waals surface area contributed by atoms with Crippen LogP contribution >= 0.6 is 22.6 Å². The largest absolute Gasteiger partial charge is 0.463 e. The van der Waals surface area contributed by atoms with Crippen molar-refractivity contribution in [1.29, 1.82) is 0 Å². The van der Waals surface area contributed by atoms with E-state index in [9.17, 15) is 14.4 Å². The number of imidazole rings is 1. The van der Waals surface area contributed by atoms with Gasteiger partial charge in [0.15, 0.2) is 31.5 Å². The molecule has 1 aliphatic heterocycles. The second-order valence-electron chi connectivity index (χ2n) is 12.6. The van der Waals surface area contributed by atoms with Gasteiger partial charge in [0.25, 0.3) is 6.48 Å². The highest BCUT2D eigenvalue weighted by atomic mass is 127. The number of hydrogen-bond acceptors (Lipinski definition) is 13. The van der Waals surface area contributed by atoms with Crippen LogP contribution in [0.25, 0.3) is 11.2 Å². The maximum absolute atomic E-state index is 12.5. The number of nitrogens with zero attached hydrogens (tertiary/aromatic N) is 4. The minimum atomic E-state index is -2.37. The fraction of sp³-hybridized carbons (Fsp3) is 0.724. The second kappa shape index (κ2) is 16.7. The Labute approximate surface area is 284 Å². The first-order chi connectivity index (χ1) is 21.6. The maximum Gasteiger partial charge on any atom is 0.302 e. The highest BCUT2D eigenvalue weighted by molar-refractivity contribution is 14.1. The number of carbonyl (C=O) groups is 3. The Bertz CT molecular complexity index is 1320. The third-order valence-corrected chi connectivity index (χ3v) is 13.0. The van der Waals surface area contributed by atoms with Crippen molar-refractivity contribution in [2.45, 2.75) is 97.6 Å². The SMILES string of the molecule is CC(=O)OCCOC(OCCOC(C)=O)OC1[C@@H](O[Si](C)(C)C(C)(C)C)[C@@H](CI)O[C@H]1n1cnc2c(NC(=O)C(C)C)ncnc21. The summed E-state index contributed by atoms with van der Waals surface area (Å²) < 4.78 is 44.1. The zero-order valence-corrected chi connectivity index (χ0v) is 31.1. The number of fused-ring (bicyclic) bond motifs is 1. The number of carbonyl (C=O) groups excluding carboxylic acids is 3. The first kappa shape index (κ1) is 38.2. The highest BCUT2D eigenvalue weighted by Crippen LogP contribution is 2.43. The Morgan fingerprint density at radius 1 is 1.00 bits per heavy atom. The summed E-state index contributed by atoms with van der Waals surface area (Å²) in [5.74, 6) is -1.10. The van der Waals surface area contributed by atoms with Crippen LogP contribution in [0.3, 0.4) is 0 Å². The first-order valence-corrected chi connectivity index (χ1v) is 19.5. The lowest BCUT2D eigenvalue weighted by atomic mass is 10.1. The van der Waals surface area contributed by atoms with Crippen molar-refractivity contribution in [1.82, 2.24) is 19.5 Å². The lowest BCUT2D eigenvalue weighted by Crippen LogP contribution is -2.51. The van der Waals surface area contributed by atoms with Crippen LogP contribution in [0.2, 0.25) is 18.1 Å². The molecule has 0 saturated carbocycles. The Balaban J connectivity index is 2.02. The zero-order valence-electron chi connectivity index (χ0n) is 27.9. The topological polar surface area (TPSA) is 171 Å². The summed E-state index contributed by atoms with van der Waals surface area (Å²) in [6, 6.07) is 0. The fourth-order valence-corrected chi connectivity index (χ4v) is 6.19. The second-order valence-corrected chi connectivity index (χ2v) is 18.2. The summed E-state index contributed by atoms with van der Waals surface area (Å²) in [7, 11) is -2.37. The predicted molar refractivity (Wildman–Crippen MR) is 177 cm³/mol. The monoisotopic (exact) mass is 779 g/mol. The average Bonchev–Trinajstić information content (AvgIpc) is 3.53. The van der Waals surface area contributed by atoms with Crippen LogP contribution in [0.1, 0.15) is 54.7 Å². The summed E-state index contributed by atoms with van der Waals surface area (Å²) in [5.41, 5.74) is 0.793. The van der Waals surface area contributed by atoms with E-state index in [2.05, 4.69) is 76.7 Å². The number of amides is 1. The summed E-state index contributed by atoms with van der Waals surface area (Å²) >= 11 is 2.26. The third kappa shape index (κ3) is 10.1. The fourth-order valence-electron chi connectivity index (χ4n) is 4.17. The minimum Gasteiger partial charge on any atom is -0.463 e. The molecule has 1 unspecified atom stereocenters. The number of aromatic nitrogens is 4. The number of nitrogens with one attached hydrogen (secondary N) is 1. The van der Waals surface area contributed by atoms with Gasteiger partial charge in [0.1, 0.15) is 31.7 Å². The molecule has 0 spiro atoms. The van der Waals surface area contributed by atoms with Gasteiger partial charge < -0.3 is 38.2 Å². The normalized spacial score (nSPS) is 20.4. The van der Waals surface area contributed by atoms with Gasteiger partial charge in [-0.25, -0.2) is 15.0 Å². The number of alkyl halides is 1. The molecule has 0 radical (unpaired) electrons. The molecular weight excluding hydrogens is 733 g/mol. The molecule has 15 nitrogen and oxygen atoms in total. The van der Waals surface area contributed by atoms with Gasteiger partial charge in [-0.15, -0.1) is 0 Å². The molecule has 4 atom stereocenters. The number of halogens is 1. The molecule has 1 aliphatic rings. The predicted octanol–water partition coefficient (Wildman–Crippen LogP) is 3.97. The minimum absolute atomic E-state index is 0.0265. The van der Waals surface area contributed by atoms with Gasteiger partial charge in [-0.05, 0) is 18.1 Å². The van der Waals surface area contributed by atoms with E-state index in [-0.39, 0.29) is 49.1 Å². The molecule has 258 valence electrons. The number of rotatable bonds is 16. The van der Waals surface area contributed by atoms with Crippen LogP contribution in [0.15, 0.2) is 12.7 Å². The maximum atomic E-state index is 12.5.